The molecule has 0 radical (unpaired) electrons. The summed E-state index contributed by atoms with van der Waals surface area (Å²) in [5.41, 5.74) is 4.46. The Morgan fingerprint density at radius 3 is 2.14 bits per heavy atom. The third-order valence-corrected chi connectivity index (χ3v) is 6.80. The zero-order valence-electron chi connectivity index (χ0n) is 19.6. The fourth-order valence-corrected chi connectivity index (χ4v) is 4.89. The molecule has 1 aliphatic heterocycles. The van der Waals surface area contributed by atoms with E-state index in [1.54, 1.807) is 26.4 Å². The van der Waals surface area contributed by atoms with Gasteiger partial charge in [0, 0.05) is 17.4 Å². The second kappa shape index (κ2) is 9.76. The molecule has 0 saturated heterocycles. The van der Waals surface area contributed by atoms with Crippen molar-refractivity contribution in [3.8, 4) is 28.5 Å². The van der Waals surface area contributed by atoms with Crippen LogP contribution in [0.3, 0.4) is 0 Å². The first-order valence-corrected chi connectivity index (χ1v) is 11.9. The molecule has 35 heavy (non-hydrogen) atoms. The van der Waals surface area contributed by atoms with Gasteiger partial charge in [-0.05, 0) is 65.7 Å². The van der Waals surface area contributed by atoms with Gasteiger partial charge in [0.25, 0.3) is 0 Å². The van der Waals surface area contributed by atoms with Crippen LogP contribution in [0.1, 0.15) is 23.6 Å². The summed E-state index contributed by atoms with van der Waals surface area (Å²) < 4.78 is 29.9. The van der Waals surface area contributed by atoms with Gasteiger partial charge < -0.3 is 14.2 Å². The summed E-state index contributed by atoms with van der Waals surface area (Å²) in [5.74, 6) is 1.38. The van der Waals surface area contributed by atoms with Crippen LogP contribution in [0.25, 0.3) is 11.3 Å². The summed E-state index contributed by atoms with van der Waals surface area (Å²) in [5, 5.41) is 9.58. The molecule has 0 saturated carbocycles. The Balaban J connectivity index is 1.50. The van der Waals surface area contributed by atoms with Gasteiger partial charge in [-0.15, -0.1) is 11.3 Å². The van der Waals surface area contributed by atoms with Gasteiger partial charge in [0.15, 0.2) is 11.6 Å². The maximum atomic E-state index is 14.3. The molecule has 0 spiro atoms. The SMILES string of the molecule is COc1ccc(C2=NN(c3nc(-c4ccc(OC)c(F)c4)cs3)C(c3ccc(OC)cc3)C2)cc1. The quantitative estimate of drug-likeness (QED) is 0.304. The van der Waals surface area contributed by atoms with Gasteiger partial charge in [0.05, 0.1) is 38.8 Å². The molecule has 4 aromatic rings. The van der Waals surface area contributed by atoms with E-state index < -0.39 is 5.82 Å². The molecule has 1 unspecified atom stereocenters. The molecule has 1 atom stereocenters. The minimum absolute atomic E-state index is 0.0374. The number of halogens is 1. The number of hydrogen-bond donors (Lipinski definition) is 0. The van der Waals surface area contributed by atoms with Crippen LogP contribution in [0.15, 0.2) is 77.2 Å². The largest absolute Gasteiger partial charge is 0.497 e. The molecule has 1 aliphatic rings. The maximum absolute atomic E-state index is 14.3. The number of hydrazone groups is 1. The fourth-order valence-electron chi connectivity index (χ4n) is 4.06. The van der Waals surface area contributed by atoms with E-state index in [0.29, 0.717) is 17.7 Å². The molecule has 178 valence electrons. The molecule has 6 nitrogen and oxygen atoms in total. The number of aromatic nitrogens is 1. The molecule has 3 aromatic carbocycles. The van der Waals surface area contributed by atoms with Gasteiger partial charge in [0.2, 0.25) is 5.13 Å². The molecule has 0 bridgehead atoms. The summed E-state index contributed by atoms with van der Waals surface area (Å²) in [6, 6.07) is 20.7. The molecule has 5 rings (SSSR count). The third kappa shape index (κ3) is 4.57. The number of methoxy groups -OCH3 is 3. The first-order valence-electron chi connectivity index (χ1n) is 11.0. The van der Waals surface area contributed by atoms with Gasteiger partial charge in [-0.1, -0.05) is 12.1 Å². The standard InChI is InChI=1S/C27H24FN3O3S/c1-32-20-9-4-17(5-10-20)23-15-25(18-6-11-21(33-2)12-7-18)31(30-23)27-29-24(16-35-27)19-8-13-26(34-3)22(28)14-19/h4-14,16,25H,15H2,1-3H3. The first kappa shape index (κ1) is 22.9. The molecule has 0 fully saturated rings. The highest BCUT2D eigenvalue weighted by Crippen LogP contribution is 2.40. The third-order valence-electron chi connectivity index (χ3n) is 5.97. The van der Waals surface area contributed by atoms with E-state index in [1.165, 1.54) is 24.5 Å². The molecule has 8 heteroatoms. The van der Waals surface area contributed by atoms with Crippen molar-refractivity contribution in [2.45, 2.75) is 12.5 Å². The number of benzene rings is 3. The average molecular weight is 490 g/mol. The molecular formula is C27H24FN3O3S. The molecule has 1 aromatic heterocycles. The Morgan fingerprint density at radius 1 is 0.857 bits per heavy atom. The van der Waals surface area contributed by atoms with Crippen molar-refractivity contribution < 1.29 is 18.6 Å². The van der Waals surface area contributed by atoms with Crippen LogP contribution in [0, 0.1) is 5.82 Å². The van der Waals surface area contributed by atoms with E-state index in [-0.39, 0.29) is 11.8 Å². The number of thiazole rings is 1. The summed E-state index contributed by atoms with van der Waals surface area (Å²) >= 11 is 1.48. The number of nitrogens with zero attached hydrogens (tertiary/aromatic N) is 3. The van der Waals surface area contributed by atoms with Crippen LogP contribution >= 0.6 is 11.3 Å². The van der Waals surface area contributed by atoms with E-state index in [9.17, 15) is 4.39 Å². The van der Waals surface area contributed by atoms with E-state index in [2.05, 4.69) is 12.1 Å². The van der Waals surface area contributed by atoms with E-state index in [1.807, 2.05) is 46.8 Å². The molecular weight excluding hydrogens is 465 g/mol. The van der Waals surface area contributed by atoms with Crippen LogP contribution in [0.5, 0.6) is 17.2 Å². The monoisotopic (exact) mass is 489 g/mol. The minimum atomic E-state index is -0.420. The number of hydrogen-bond acceptors (Lipinski definition) is 7. The Morgan fingerprint density at radius 2 is 1.51 bits per heavy atom. The van der Waals surface area contributed by atoms with Gasteiger partial charge in [-0.3, -0.25) is 0 Å². The van der Waals surface area contributed by atoms with Crippen LogP contribution < -0.4 is 19.2 Å². The van der Waals surface area contributed by atoms with Crippen molar-refractivity contribution in [2.75, 3.05) is 26.3 Å². The van der Waals surface area contributed by atoms with Gasteiger partial charge in [-0.2, -0.15) is 5.10 Å². The molecule has 0 amide bonds. The lowest BCUT2D eigenvalue weighted by molar-refractivity contribution is 0.386. The van der Waals surface area contributed by atoms with Crippen LogP contribution in [-0.2, 0) is 0 Å². The van der Waals surface area contributed by atoms with Crippen molar-refractivity contribution in [3.05, 3.63) is 89.1 Å². The van der Waals surface area contributed by atoms with Crippen LogP contribution in [0.2, 0.25) is 0 Å². The average Bonchev–Trinajstić information content (AvgIpc) is 3.57. The zero-order valence-corrected chi connectivity index (χ0v) is 20.4. The highest BCUT2D eigenvalue weighted by Gasteiger charge is 2.32. The lowest BCUT2D eigenvalue weighted by atomic mass is 9.98. The Labute approximate surface area is 207 Å². The lowest BCUT2D eigenvalue weighted by Crippen LogP contribution is -2.18. The van der Waals surface area contributed by atoms with Gasteiger partial charge in [-0.25, -0.2) is 14.4 Å². The predicted octanol–water partition coefficient (Wildman–Crippen LogP) is 6.33. The maximum Gasteiger partial charge on any atom is 0.207 e. The minimum Gasteiger partial charge on any atom is -0.497 e. The van der Waals surface area contributed by atoms with E-state index >= 15 is 0 Å². The Bertz CT molecular complexity index is 1350. The Hall–Kier alpha value is -3.91. The first-order chi connectivity index (χ1) is 17.1. The van der Waals surface area contributed by atoms with Crippen molar-refractivity contribution in [2.24, 2.45) is 5.10 Å². The van der Waals surface area contributed by atoms with Crippen molar-refractivity contribution in [1.29, 1.82) is 0 Å². The normalized spacial score (nSPS) is 15.1. The second-order valence-corrected chi connectivity index (χ2v) is 8.81. The van der Waals surface area contributed by atoms with Crippen molar-refractivity contribution in [3.63, 3.8) is 0 Å². The van der Waals surface area contributed by atoms with Crippen LogP contribution in [-0.4, -0.2) is 32.0 Å². The topological polar surface area (TPSA) is 56.2 Å². The van der Waals surface area contributed by atoms with Crippen LogP contribution in [0.4, 0.5) is 9.52 Å². The molecule has 0 N–H and O–H groups in total. The zero-order chi connectivity index (χ0) is 24.4. The smallest absolute Gasteiger partial charge is 0.207 e. The highest BCUT2D eigenvalue weighted by atomic mass is 32.1. The molecule has 0 aliphatic carbocycles. The molecule has 2 heterocycles. The predicted molar refractivity (Wildman–Crippen MR) is 136 cm³/mol. The van der Waals surface area contributed by atoms with E-state index in [0.717, 1.165) is 33.5 Å². The summed E-state index contributed by atoms with van der Waals surface area (Å²) in [6.07, 6.45) is 0.713. The number of anilines is 1. The highest BCUT2D eigenvalue weighted by molar-refractivity contribution is 7.14. The number of rotatable bonds is 7. The summed E-state index contributed by atoms with van der Waals surface area (Å²) in [6.45, 7) is 0. The van der Waals surface area contributed by atoms with Gasteiger partial charge in [0.1, 0.15) is 11.5 Å². The van der Waals surface area contributed by atoms with Gasteiger partial charge >= 0.3 is 0 Å². The number of ether oxygens (including phenoxy) is 3. The van der Waals surface area contributed by atoms with E-state index in [4.69, 9.17) is 24.3 Å². The summed E-state index contributed by atoms with van der Waals surface area (Å²) in [4.78, 5) is 4.81. The lowest BCUT2D eigenvalue weighted by Gasteiger charge is -2.21. The Kier molecular flexibility index (Phi) is 6.37. The second-order valence-electron chi connectivity index (χ2n) is 7.98. The van der Waals surface area contributed by atoms with Crippen molar-refractivity contribution >= 4 is 22.2 Å². The fraction of sp³-hybridized carbons (Fsp3) is 0.185. The van der Waals surface area contributed by atoms with Crippen molar-refractivity contribution in [1.82, 2.24) is 4.98 Å². The summed E-state index contributed by atoms with van der Waals surface area (Å²) in [7, 11) is 4.75.